The maximum Gasteiger partial charge on any atom is 0.336 e. The molecule has 3 aromatic carbocycles. The van der Waals surface area contributed by atoms with Crippen LogP contribution in [0, 0.1) is 6.92 Å². The van der Waals surface area contributed by atoms with Gasteiger partial charge in [-0.25, -0.2) is 4.79 Å². The molecule has 0 saturated carbocycles. The average molecular weight is 404 g/mol. The van der Waals surface area contributed by atoms with Gasteiger partial charge >= 0.3 is 5.97 Å². The zero-order valence-corrected chi connectivity index (χ0v) is 16.2. The number of carbonyl (C=O) groups excluding carboxylic acids is 2. The topological polar surface area (TPSA) is 105 Å². The van der Waals surface area contributed by atoms with Gasteiger partial charge in [0.1, 0.15) is 5.75 Å². The molecule has 0 fully saturated rings. The molecule has 3 aromatic rings. The molecule has 7 heteroatoms. The summed E-state index contributed by atoms with van der Waals surface area (Å²) in [5, 5.41) is 14.6. The van der Waals surface area contributed by atoms with E-state index in [1.165, 1.54) is 12.1 Å². The molecule has 30 heavy (non-hydrogen) atoms. The van der Waals surface area contributed by atoms with E-state index in [0.717, 1.165) is 5.56 Å². The number of carbonyl (C=O) groups is 3. The highest BCUT2D eigenvalue weighted by atomic mass is 16.5. The molecule has 0 heterocycles. The quantitative estimate of drug-likeness (QED) is 0.553. The van der Waals surface area contributed by atoms with Crippen molar-refractivity contribution in [1.29, 1.82) is 0 Å². The highest BCUT2D eigenvalue weighted by molar-refractivity contribution is 6.10. The Bertz CT molecular complexity index is 1090. The van der Waals surface area contributed by atoms with Crippen LogP contribution in [0.2, 0.25) is 0 Å². The lowest BCUT2D eigenvalue weighted by Gasteiger charge is -2.11. The van der Waals surface area contributed by atoms with Gasteiger partial charge in [0.05, 0.1) is 11.1 Å². The number of aromatic carboxylic acids is 1. The highest BCUT2D eigenvalue weighted by Gasteiger charge is 2.16. The number of carboxylic acid groups (broad SMARTS) is 1. The first-order chi connectivity index (χ1) is 14.4. The monoisotopic (exact) mass is 404 g/mol. The molecule has 0 radical (unpaired) electrons. The van der Waals surface area contributed by atoms with Crippen LogP contribution in [0.15, 0.2) is 72.8 Å². The molecule has 0 aliphatic carbocycles. The van der Waals surface area contributed by atoms with Crippen molar-refractivity contribution < 1.29 is 24.2 Å². The SMILES string of the molecule is Cc1ccccc1OCC(=O)Nc1cccc(NC(=O)c2ccccc2C(=O)O)c1. The molecule has 3 N–H and O–H groups in total. The van der Waals surface area contributed by atoms with E-state index in [1.54, 1.807) is 42.5 Å². The summed E-state index contributed by atoms with van der Waals surface area (Å²) >= 11 is 0. The van der Waals surface area contributed by atoms with Crippen LogP contribution in [0.4, 0.5) is 11.4 Å². The largest absolute Gasteiger partial charge is 0.483 e. The van der Waals surface area contributed by atoms with Crippen molar-refractivity contribution >= 4 is 29.2 Å². The number of rotatable bonds is 7. The number of hydrogen-bond acceptors (Lipinski definition) is 4. The Balaban J connectivity index is 1.63. The Morgan fingerprint density at radius 1 is 0.833 bits per heavy atom. The minimum atomic E-state index is -1.18. The summed E-state index contributed by atoms with van der Waals surface area (Å²) in [5.41, 5.74) is 1.77. The fraction of sp³-hybridized carbons (Fsp3) is 0.0870. The molecule has 3 rings (SSSR count). The normalized spacial score (nSPS) is 10.2. The van der Waals surface area contributed by atoms with Crippen molar-refractivity contribution in [3.05, 3.63) is 89.5 Å². The van der Waals surface area contributed by atoms with Gasteiger partial charge in [-0.05, 0) is 48.9 Å². The van der Waals surface area contributed by atoms with Crippen LogP contribution in [0.25, 0.3) is 0 Å². The van der Waals surface area contributed by atoms with E-state index in [4.69, 9.17) is 4.74 Å². The van der Waals surface area contributed by atoms with Crippen molar-refractivity contribution in [3.8, 4) is 5.75 Å². The molecular weight excluding hydrogens is 384 g/mol. The van der Waals surface area contributed by atoms with Gasteiger partial charge < -0.3 is 20.5 Å². The van der Waals surface area contributed by atoms with Crippen molar-refractivity contribution in [2.45, 2.75) is 6.92 Å². The molecule has 7 nitrogen and oxygen atoms in total. The molecule has 0 saturated heterocycles. The molecular formula is C23H20N2O5. The molecule has 0 unspecified atom stereocenters. The molecule has 0 aliphatic rings. The highest BCUT2D eigenvalue weighted by Crippen LogP contribution is 2.19. The summed E-state index contributed by atoms with van der Waals surface area (Å²) < 4.78 is 5.52. The minimum Gasteiger partial charge on any atom is -0.483 e. The Hall–Kier alpha value is -4.13. The molecule has 0 atom stereocenters. The van der Waals surface area contributed by atoms with E-state index in [1.807, 2.05) is 25.1 Å². The summed E-state index contributed by atoms with van der Waals surface area (Å²) in [4.78, 5) is 36.0. The number of hydrogen-bond donors (Lipinski definition) is 3. The minimum absolute atomic E-state index is 0.0473. The number of nitrogens with one attached hydrogen (secondary N) is 2. The lowest BCUT2D eigenvalue weighted by atomic mass is 10.1. The standard InChI is InChI=1S/C23H20N2O5/c1-15-7-2-5-12-20(15)30-14-21(26)24-16-8-6-9-17(13-16)25-22(27)18-10-3-4-11-19(18)23(28)29/h2-13H,14H2,1H3,(H,24,26)(H,25,27)(H,28,29). The predicted octanol–water partition coefficient (Wildman–Crippen LogP) is 3.96. The summed E-state index contributed by atoms with van der Waals surface area (Å²) in [5.74, 6) is -1.46. The van der Waals surface area contributed by atoms with Gasteiger partial charge in [-0.15, -0.1) is 0 Å². The van der Waals surface area contributed by atoms with Crippen LogP contribution < -0.4 is 15.4 Å². The van der Waals surface area contributed by atoms with Crippen molar-refractivity contribution in [2.24, 2.45) is 0 Å². The van der Waals surface area contributed by atoms with Gasteiger partial charge in [-0.1, -0.05) is 36.4 Å². The Kier molecular flexibility index (Phi) is 6.44. The van der Waals surface area contributed by atoms with Crippen LogP contribution in [0.1, 0.15) is 26.3 Å². The summed E-state index contributed by atoms with van der Waals surface area (Å²) in [6.07, 6.45) is 0. The lowest BCUT2D eigenvalue weighted by Crippen LogP contribution is -2.20. The van der Waals surface area contributed by atoms with Crippen LogP contribution in [-0.4, -0.2) is 29.5 Å². The third kappa shape index (κ3) is 5.23. The summed E-state index contributed by atoms with van der Waals surface area (Å²) in [7, 11) is 0. The first-order valence-corrected chi connectivity index (χ1v) is 9.16. The van der Waals surface area contributed by atoms with Gasteiger partial charge in [-0.3, -0.25) is 9.59 Å². The number of aryl methyl sites for hydroxylation is 1. The van der Waals surface area contributed by atoms with Crippen molar-refractivity contribution in [3.63, 3.8) is 0 Å². The van der Waals surface area contributed by atoms with E-state index in [0.29, 0.717) is 17.1 Å². The van der Waals surface area contributed by atoms with Crippen LogP contribution in [0.3, 0.4) is 0 Å². The molecule has 0 aliphatic heterocycles. The molecule has 0 bridgehead atoms. The summed E-state index contributed by atoms with van der Waals surface area (Å²) in [6.45, 7) is 1.73. The Morgan fingerprint density at radius 2 is 1.47 bits per heavy atom. The van der Waals surface area contributed by atoms with E-state index in [2.05, 4.69) is 10.6 Å². The average Bonchev–Trinajstić information content (AvgIpc) is 2.73. The third-order valence-corrected chi connectivity index (χ3v) is 4.26. The summed E-state index contributed by atoms with van der Waals surface area (Å²) in [6, 6.07) is 19.9. The molecule has 0 spiro atoms. The van der Waals surface area contributed by atoms with Gasteiger partial charge in [0.25, 0.3) is 11.8 Å². The second kappa shape index (κ2) is 9.38. The number of amides is 2. The van der Waals surface area contributed by atoms with E-state index < -0.39 is 11.9 Å². The fourth-order valence-electron chi connectivity index (χ4n) is 2.80. The Labute approximate surface area is 173 Å². The predicted molar refractivity (Wildman–Crippen MR) is 113 cm³/mol. The first-order valence-electron chi connectivity index (χ1n) is 9.16. The number of anilines is 2. The second-order valence-electron chi connectivity index (χ2n) is 6.49. The molecule has 0 aromatic heterocycles. The van der Waals surface area contributed by atoms with Crippen LogP contribution in [0.5, 0.6) is 5.75 Å². The molecule has 2 amide bonds. The number of ether oxygens (including phenoxy) is 1. The molecule has 152 valence electrons. The van der Waals surface area contributed by atoms with Gasteiger partial charge in [-0.2, -0.15) is 0 Å². The zero-order valence-electron chi connectivity index (χ0n) is 16.2. The number of benzene rings is 3. The van der Waals surface area contributed by atoms with Crippen LogP contribution in [-0.2, 0) is 4.79 Å². The Morgan fingerprint density at radius 3 is 2.17 bits per heavy atom. The lowest BCUT2D eigenvalue weighted by molar-refractivity contribution is -0.118. The smallest absolute Gasteiger partial charge is 0.336 e. The number of para-hydroxylation sites is 1. The maximum absolute atomic E-state index is 12.5. The van der Waals surface area contributed by atoms with E-state index in [9.17, 15) is 19.5 Å². The number of carboxylic acids is 1. The van der Waals surface area contributed by atoms with E-state index in [-0.39, 0.29) is 23.6 Å². The van der Waals surface area contributed by atoms with Crippen LogP contribution >= 0.6 is 0 Å². The zero-order chi connectivity index (χ0) is 21.5. The van der Waals surface area contributed by atoms with Crippen molar-refractivity contribution in [1.82, 2.24) is 0 Å². The third-order valence-electron chi connectivity index (χ3n) is 4.26. The second-order valence-corrected chi connectivity index (χ2v) is 6.49. The first kappa shape index (κ1) is 20.6. The van der Waals surface area contributed by atoms with Gasteiger partial charge in [0.15, 0.2) is 6.61 Å². The van der Waals surface area contributed by atoms with Gasteiger partial charge in [0.2, 0.25) is 0 Å². The maximum atomic E-state index is 12.5. The fourth-order valence-corrected chi connectivity index (χ4v) is 2.80. The van der Waals surface area contributed by atoms with E-state index >= 15 is 0 Å². The van der Waals surface area contributed by atoms with Crippen molar-refractivity contribution in [2.75, 3.05) is 17.2 Å². The van der Waals surface area contributed by atoms with Gasteiger partial charge in [0, 0.05) is 11.4 Å².